The van der Waals surface area contributed by atoms with Crippen LogP contribution < -0.4 is 15.5 Å². The standard InChI is InChI=1S/C21H31F2N7.HI/c1-5-24-21(25-12-19(28(2)3)15-11-26-29(4)13-15)27-16-9-10-30(14-16)20-17(22)7-6-8-18(20)23;/h6-8,11,13,16,19H,5,9-10,12,14H2,1-4H3,(H2,24,25,27);1H. The fourth-order valence-electron chi connectivity index (χ4n) is 3.74. The van der Waals surface area contributed by atoms with Gasteiger partial charge in [0.2, 0.25) is 0 Å². The molecule has 2 heterocycles. The molecule has 10 heteroatoms. The number of hydrogen-bond donors (Lipinski definition) is 2. The Morgan fingerprint density at radius 2 is 2.03 bits per heavy atom. The normalized spacial score (nSPS) is 17.6. The maximum atomic E-state index is 14.1. The van der Waals surface area contributed by atoms with Crippen LogP contribution in [0.15, 0.2) is 35.6 Å². The number of rotatable bonds is 7. The summed E-state index contributed by atoms with van der Waals surface area (Å²) in [5.41, 5.74) is 1.15. The van der Waals surface area contributed by atoms with Crippen molar-refractivity contribution in [3.63, 3.8) is 0 Å². The molecule has 3 rings (SSSR count). The molecule has 2 N–H and O–H groups in total. The number of aliphatic imine (C=N–C) groups is 1. The molecule has 1 saturated heterocycles. The van der Waals surface area contributed by atoms with E-state index >= 15 is 0 Å². The second kappa shape index (κ2) is 11.6. The number of nitrogens with zero attached hydrogens (tertiary/aromatic N) is 5. The predicted molar refractivity (Wildman–Crippen MR) is 131 cm³/mol. The highest BCUT2D eigenvalue weighted by Crippen LogP contribution is 2.26. The third-order valence-corrected chi connectivity index (χ3v) is 5.28. The molecule has 31 heavy (non-hydrogen) atoms. The summed E-state index contributed by atoms with van der Waals surface area (Å²) in [6.45, 7) is 4.40. The summed E-state index contributed by atoms with van der Waals surface area (Å²) in [5, 5.41) is 11.0. The van der Waals surface area contributed by atoms with Gasteiger partial charge in [0.15, 0.2) is 5.96 Å². The lowest BCUT2D eigenvalue weighted by molar-refractivity contribution is 0.306. The molecular weight excluding hydrogens is 515 g/mol. The number of likely N-dealkylation sites (N-methyl/N-ethyl adjacent to an activating group) is 1. The maximum absolute atomic E-state index is 14.1. The van der Waals surface area contributed by atoms with Crippen molar-refractivity contribution in [2.75, 3.05) is 45.2 Å². The Morgan fingerprint density at radius 1 is 1.32 bits per heavy atom. The first kappa shape index (κ1) is 25.3. The van der Waals surface area contributed by atoms with E-state index in [0.29, 0.717) is 25.6 Å². The van der Waals surface area contributed by atoms with Crippen molar-refractivity contribution in [1.29, 1.82) is 0 Å². The molecule has 2 unspecified atom stereocenters. The van der Waals surface area contributed by atoms with Crippen LogP contribution >= 0.6 is 24.0 Å². The minimum atomic E-state index is -0.526. The predicted octanol–water partition coefficient (Wildman–Crippen LogP) is 2.75. The highest BCUT2D eigenvalue weighted by molar-refractivity contribution is 14.0. The summed E-state index contributed by atoms with van der Waals surface area (Å²) < 4.78 is 30.0. The number of anilines is 1. The molecule has 0 radical (unpaired) electrons. The van der Waals surface area contributed by atoms with Crippen LogP contribution in [-0.4, -0.2) is 67.0 Å². The van der Waals surface area contributed by atoms with Crippen LogP contribution in [0.3, 0.4) is 0 Å². The van der Waals surface area contributed by atoms with Gasteiger partial charge in [0, 0.05) is 44.5 Å². The van der Waals surface area contributed by atoms with Crippen molar-refractivity contribution >= 4 is 35.6 Å². The van der Waals surface area contributed by atoms with Gasteiger partial charge in [-0.25, -0.2) is 8.78 Å². The van der Waals surface area contributed by atoms with Crippen LogP contribution in [0.25, 0.3) is 0 Å². The van der Waals surface area contributed by atoms with Gasteiger partial charge in [-0.2, -0.15) is 5.10 Å². The maximum Gasteiger partial charge on any atom is 0.191 e. The Hall–Kier alpha value is -1.95. The second-order valence-corrected chi connectivity index (χ2v) is 7.79. The minimum Gasteiger partial charge on any atom is -0.365 e. The van der Waals surface area contributed by atoms with Crippen molar-refractivity contribution < 1.29 is 8.78 Å². The molecule has 1 fully saturated rings. The average Bonchev–Trinajstić information content (AvgIpc) is 3.31. The molecule has 172 valence electrons. The molecule has 7 nitrogen and oxygen atoms in total. The van der Waals surface area contributed by atoms with Crippen LogP contribution in [0.2, 0.25) is 0 Å². The first-order valence-corrected chi connectivity index (χ1v) is 10.3. The van der Waals surface area contributed by atoms with Crippen molar-refractivity contribution in [3.8, 4) is 0 Å². The third kappa shape index (κ3) is 6.52. The van der Waals surface area contributed by atoms with E-state index < -0.39 is 11.6 Å². The fraction of sp³-hybridized carbons (Fsp3) is 0.524. The fourth-order valence-corrected chi connectivity index (χ4v) is 3.74. The summed E-state index contributed by atoms with van der Waals surface area (Å²) >= 11 is 0. The highest BCUT2D eigenvalue weighted by atomic mass is 127. The monoisotopic (exact) mass is 547 g/mol. The first-order valence-electron chi connectivity index (χ1n) is 10.3. The number of aromatic nitrogens is 2. The molecule has 0 saturated carbocycles. The van der Waals surface area contributed by atoms with Gasteiger partial charge in [-0.05, 0) is 39.6 Å². The van der Waals surface area contributed by atoms with Crippen LogP contribution in [0.4, 0.5) is 14.5 Å². The summed E-state index contributed by atoms with van der Waals surface area (Å²) in [4.78, 5) is 8.63. The zero-order valence-electron chi connectivity index (χ0n) is 18.5. The number of guanidine groups is 1. The van der Waals surface area contributed by atoms with Crippen LogP contribution in [0.5, 0.6) is 0 Å². The molecule has 0 aliphatic carbocycles. The lowest BCUT2D eigenvalue weighted by Gasteiger charge is -2.23. The summed E-state index contributed by atoms with van der Waals surface area (Å²) in [7, 11) is 5.94. The zero-order chi connectivity index (χ0) is 21.7. The zero-order valence-corrected chi connectivity index (χ0v) is 20.8. The largest absolute Gasteiger partial charge is 0.365 e. The van der Waals surface area contributed by atoms with Crippen molar-refractivity contribution in [2.24, 2.45) is 12.0 Å². The van der Waals surface area contributed by atoms with Crippen LogP contribution in [-0.2, 0) is 7.05 Å². The van der Waals surface area contributed by atoms with E-state index in [1.54, 1.807) is 9.58 Å². The van der Waals surface area contributed by atoms with Crippen LogP contribution in [0, 0.1) is 11.6 Å². The van der Waals surface area contributed by atoms with Gasteiger partial charge in [0.25, 0.3) is 0 Å². The summed E-state index contributed by atoms with van der Waals surface area (Å²) in [5.74, 6) is -0.350. The van der Waals surface area contributed by atoms with Gasteiger partial charge >= 0.3 is 0 Å². The van der Waals surface area contributed by atoms with E-state index in [4.69, 9.17) is 4.99 Å². The number of nitrogens with one attached hydrogen (secondary N) is 2. The lowest BCUT2D eigenvalue weighted by atomic mass is 10.1. The van der Waals surface area contributed by atoms with E-state index in [1.165, 1.54) is 18.2 Å². The van der Waals surface area contributed by atoms with Gasteiger partial charge in [-0.1, -0.05) is 6.07 Å². The van der Waals surface area contributed by atoms with Gasteiger partial charge in [-0.3, -0.25) is 9.67 Å². The molecule has 0 spiro atoms. The number of benzene rings is 1. The quantitative estimate of drug-likeness (QED) is 0.317. The highest BCUT2D eigenvalue weighted by Gasteiger charge is 2.27. The molecule has 1 aromatic carbocycles. The van der Waals surface area contributed by atoms with Crippen molar-refractivity contribution in [1.82, 2.24) is 25.3 Å². The average molecular weight is 547 g/mol. The van der Waals surface area contributed by atoms with Gasteiger partial charge in [0.05, 0.1) is 18.8 Å². The van der Waals surface area contributed by atoms with Gasteiger partial charge in [-0.15, -0.1) is 24.0 Å². The number of halogens is 3. The minimum absolute atomic E-state index is 0. The molecular formula is C21H32F2IN7. The molecule has 0 bridgehead atoms. The molecule has 2 atom stereocenters. The van der Waals surface area contributed by atoms with Gasteiger partial charge < -0.3 is 20.4 Å². The van der Waals surface area contributed by atoms with E-state index in [2.05, 4.69) is 20.6 Å². The van der Waals surface area contributed by atoms with Gasteiger partial charge in [0.1, 0.15) is 17.3 Å². The molecule has 1 aliphatic rings. The van der Waals surface area contributed by atoms with E-state index in [-0.39, 0.29) is 41.7 Å². The van der Waals surface area contributed by atoms with E-state index in [9.17, 15) is 8.78 Å². The Kier molecular flexibility index (Phi) is 9.48. The van der Waals surface area contributed by atoms with Crippen molar-refractivity contribution in [2.45, 2.75) is 25.4 Å². The topological polar surface area (TPSA) is 60.7 Å². The number of hydrogen-bond acceptors (Lipinski definition) is 4. The SMILES string of the molecule is CCNC(=NCC(c1cnn(C)c1)N(C)C)NC1CCN(c2c(F)cccc2F)C1.I. The molecule has 1 aromatic heterocycles. The Labute approximate surface area is 199 Å². The number of para-hydroxylation sites is 1. The molecule has 1 aliphatic heterocycles. The third-order valence-electron chi connectivity index (χ3n) is 5.28. The van der Waals surface area contributed by atoms with Crippen LogP contribution in [0.1, 0.15) is 24.9 Å². The lowest BCUT2D eigenvalue weighted by Crippen LogP contribution is -2.45. The first-order chi connectivity index (χ1) is 14.4. The summed E-state index contributed by atoms with van der Waals surface area (Å²) in [6, 6.07) is 4.13. The molecule has 2 aromatic rings. The smallest absolute Gasteiger partial charge is 0.191 e. The van der Waals surface area contributed by atoms with E-state index in [1.807, 2.05) is 40.5 Å². The summed E-state index contributed by atoms with van der Waals surface area (Å²) in [6.07, 6.45) is 4.63. The number of aryl methyl sites for hydroxylation is 1. The Bertz CT molecular complexity index is 851. The second-order valence-electron chi connectivity index (χ2n) is 7.79. The Balaban J connectivity index is 0.00000341. The van der Waals surface area contributed by atoms with Crippen molar-refractivity contribution in [3.05, 3.63) is 47.8 Å². The Morgan fingerprint density at radius 3 is 2.61 bits per heavy atom. The van der Waals surface area contributed by atoms with E-state index in [0.717, 1.165) is 18.5 Å². The molecule has 0 amide bonds.